The Balaban J connectivity index is 1.99. The van der Waals surface area contributed by atoms with Gasteiger partial charge in [0.15, 0.2) is 11.5 Å². The first kappa shape index (κ1) is 60.7. The summed E-state index contributed by atoms with van der Waals surface area (Å²) in [7, 11) is 4.08. The third kappa shape index (κ3) is 36.2. The summed E-state index contributed by atoms with van der Waals surface area (Å²) in [6, 6.07) is 4.27. The highest BCUT2D eigenvalue weighted by molar-refractivity contribution is 5.54. The second-order valence-electron chi connectivity index (χ2n) is 19.1. The molecule has 1 heterocycles. The molecule has 11 nitrogen and oxygen atoms in total. The van der Waals surface area contributed by atoms with Crippen molar-refractivity contribution in [1.29, 1.82) is 0 Å². The van der Waals surface area contributed by atoms with Gasteiger partial charge in [0.2, 0.25) is 5.75 Å². The van der Waals surface area contributed by atoms with Gasteiger partial charge in [0.1, 0.15) is 5.69 Å². The van der Waals surface area contributed by atoms with Crippen molar-refractivity contribution in [3.63, 3.8) is 0 Å². The Bertz CT molecular complexity index is 1300. The zero-order chi connectivity index (χ0) is 47.9. The maximum Gasteiger partial charge on any atom is 0.203 e. The molecule has 0 fully saturated rings. The predicted molar refractivity (Wildman–Crippen MR) is 278 cm³/mol. The molecule has 0 unspecified atom stereocenters. The second kappa shape index (κ2) is 46.0. The van der Waals surface area contributed by atoms with Crippen LogP contribution in [0.2, 0.25) is 0 Å². The van der Waals surface area contributed by atoms with Crippen LogP contribution in [0.3, 0.4) is 0 Å². The van der Waals surface area contributed by atoms with E-state index in [0.29, 0.717) is 79.2 Å². The summed E-state index contributed by atoms with van der Waals surface area (Å²) in [5, 5.41) is 8.87. The number of benzene rings is 1. The fraction of sp³-hybridized carbons (Fsp3) is 0.857. The number of nitrogens with zero attached hydrogens (tertiary/aromatic N) is 4. The zero-order valence-corrected chi connectivity index (χ0v) is 44.3. The first-order valence-corrected chi connectivity index (χ1v) is 28.0. The SMILES string of the molecule is CCCCCCCCCCCCOc1cc(Cn2cc(COCCOCCOCCOCCN(C)C)nn2)cc(OCCCCCCCCCCCC)c1OCCCCCCCCCCCC. The van der Waals surface area contributed by atoms with E-state index >= 15 is 0 Å². The fourth-order valence-corrected chi connectivity index (χ4v) is 8.14. The van der Waals surface area contributed by atoms with E-state index in [4.69, 9.17) is 33.2 Å². The van der Waals surface area contributed by atoms with Gasteiger partial charge in [-0.25, -0.2) is 4.68 Å². The van der Waals surface area contributed by atoms with Crippen LogP contribution in [0.5, 0.6) is 17.2 Å². The van der Waals surface area contributed by atoms with Crippen LogP contribution in [0.15, 0.2) is 18.3 Å². The largest absolute Gasteiger partial charge is 0.490 e. The van der Waals surface area contributed by atoms with Gasteiger partial charge >= 0.3 is 0 Å². The molecule has 0 amide bonds. The minimum Gasteiger partial charge on any atom is -0.490 e. The van der Waals surface area contributed by atoms with E-state index in [1.165, 1.54) is 173 Å². The van der Waals surface area contributed by atoms with Crippen molar-refractivity contribution >= 4 is 0 Å². The summed E-state index contributed by atoms with van der Waals surface area (Å²) in [5.74, 6) is 2.31. The molecule has 2 rings (SSSR count). The molecule has 11 heteroatoms. The monoisotopic (exact) mass is 945 g/mol. The molecule has 1 aromatic carbocycles. The number of likely N-dealkylation sites (N-methyl/N-ethyl adjacent to an activating group) is 1. The second-order valence-corrected chi connectivity index (χ2v) is 19.1. The van der Waals surface area contributed by atoms with Gasteiger partial charge in [-0.05, 0) is 51.1 Å². The van der Waals surface area contributed by atoms with Crippen LogP contribution in [0.25, 0.3) is 0 Å². The lowest BCUT2D eigenvalue weighted by molar-refractivity contribution is -0.00542. The highest BCUT2D eigenvalue weighted by atomic mass is 16.6. The lowest BCUT2D eigenvalue weighted by Crippen LogP contribution is -2.19. The molecule has 0 aliphatic heterocycles. The lowest BCUT2D eigenvalue weighted by atomic mass is 10.1. The van der Waals surface area contributed by atoms with Crippen molar-refractivity contribution in [2.75, 3.05) is 86.7 Å². The summed E-state index contributed by atoms with van der Waals surface area (Å²) in [6.07, 6.45) is 40.8. The molecule has 0 saturated heterocycles. The molecule has 0 radical (unpaired) electrons. The quantitative estimate of drug-likeness (QED) is 0.0596. The van der Waals surface area contributed by atoms with Crippen molar-refractivity contribution in [2.45, 2.75) is 227 Å². The number of aromatic nitrogens is 3. The Hall–Kier alpha value is -2.44. The summed E-state index contributed by atoms with van der Waals surface area (Å²) in [6.45, 7) is 14.6. The number of hydrogen-bond donors (Lipinski definition) is 0. The molecule has 1 aromatic heterocycles. The van der Waals surface area contributed by atoms with Crippen LogP contribution in [0.1, 0.15) is 225 Å². The Morgan fingerprint density at radius 3 is 1.18 bits per heavy atom. The van der Waals surface area contributed by atoms with Crippen molar-refractivity contribution in [2.24, 2.45) is 0 Å². The van der Waals surface area contributed by atoms with Gasteiger partial charge in [0, 0.05) is 6.54 Å². The van der Waals surface area contributed by atoms with Crippen LogP contribution in [-0.2, 0) is 32.1 Å². The van der Waals surface area contributed by atoms with Crippen LogP contribution < -0.4 is 14.2 Å². The summed E-state index contributed by atoms with van der Waals surface area (Å²) in [5.41, 5.74) is 1.83. The maximum absolute atomic E-state index is 6.64. The molecule has 0 atom stereocenters. The van der Waals surface area contributed by atoms with E-state index < -0.39 is 0 Å². The van der Waals surface area contributed by atoms with Crippen LogP contribution in [0.4, 0.5) is 0 Å². The van der Waals surface area contributed by atoms with Crippen molar-refractivity contribution < 1.29 is 33.2 Å². The van der Waals surface area contributed by atoms with E-state index in [0.717, 1.165) is 54.3 Å². The van der Waals surface area contributed by atoms with Crippen LogP contribution in [0, 0.1) is 0 Å². The van der Waals surface area contributed by atoms with E-state index in [9.17, 15) is 0 Å². The summed E-state index contributed by atoms with van der Waals surface area (Å²) in [4.78, 5) is 2.10. The molecule has 390 valence electrons. The molecule has 0 spiro atoms. The Labute approximate surface area is 411 Å². The molecule has 0 saturated carbocycles. The summed E-state index contributed by atoms with van der Waals surface area (Å²) >= 11 is 0. The molecule has 0 bridgehead atoms. The standard InChI is InChI=1S/C56H104N4O7/c1-6-9-12-15-18-21-24-27-30-33-37-65-54-47-52(49-60-50-53(57-58-60)51-64-46-45-63-44-43-62-42-41-61-40-36-59(4)5)48-55(66-38-34-31-28-25-22-19-16-13-10-7-2)56(54)67-39-35-32-29-26-23-20-17-14-11-8-3/h47-48,50H,6-46,49,51H2,1-5H3. The van der Waals surface area contributed by atoms with Gasteiger partial charge < -0.3 is 38.1 Å². The third-order valence-electron chi connectivity index (χ3n) is 12.3. The van der Waals surface area contributed by atoms with Gasteiger partial charge in [-0.1, -0.05) is 199 Å². The fourth-order valence-electron chi connectivity index (χ4n) is 8.14. The Morgan fingerprint density at radius 2 is 0.776 bits per heavy atom. The van der Waals surface area contributed by atoms with Crippen LogP contribution in [-0.4, -0.2) is 107 Å². The maximum atomic E-state index is 6.64. The first-order chi connectivity index (χ1) is 33.1. The topological polar surface area (TPSA) is 98.6 Å². The minimum absolute atomic E-state index is 0.371. The molecular weight excluding hydrogens is 841 g/mol. The first-order valence-electron chi connectivity index (χ1n) is 28.0. The minimum atomic E-state index is 0.371. The van der Waals surface area contributed by atoms with E-state index in [1.54, 1.807) is 0 Å². The van der Waals surface area contributed by atoms with Crippen molar-refractivity contribution in [3.05, 3.63) is 29.6 Å². The average molecular weight is 945 g/mol. The van der Waals surface area contributed by atoms with Gasteiger partial charge in [-0.15, -0.1) is 5.10 Å². The molecule has 67 heavy (non-hydrogen) atoms. The Kier molecular flexibility index (Phi) is 41.6. The highest BCUT2D eigenvalue weighted by Crippen LogP contribution is 2.40. The molecule has 0 aliphatic rings. The van der Waals surface area contributed by atoms with Crippen LogP contribution >= 0.6 is 0 Å². The molecule has 0 N–H and O–H groups in total. The zero-order valence-electron chi connectivity index (χ0n) is 44.3. The van der Waals surface area contributed by atoms with Gasteiger partial charge in [0.05, 0.1) is 85.4 Å². The number of rotatable bonds is 52. The van der Waals surface area contributed by atoms with E-state index in [-0.39, 0.29) is 0 Å². The smallest absolute Gasteiger partial charge is 0.203 e. The van der Waals surface area contributed by atoms with Gasteiger partial charge in [-0.3, -0.25) is 0 Å². The number of hydrogen-bond acceptors (Lipinski definition) is 10. The normalized spacial score (nSPS) is 11.6. The van der Waals surface area contributed by atoms with Gasteiger partial charge in [0.25, 0.3) is 0 Å². The van der Waals surface area contributed by atoms with Gasteiger partial charge in [-0.2, -0.15) is 0 Å². The summed E-state index contributed by atoms with van der Waals surface area (Å²) < 4.78 is 44.5. The lowest BCUT2D eigenvalue weighted by Gasteiger charge is -2.19. The number of ether oxygens (including phenoxy) is 7. The highest BCUT2D eigenvalue weighted by Gasteiger charge is 2.17. The van der Waals surface area contributed by atoms with E-state index in [1.807, 2.05) is 25.0 Å². The number of unbranched alkanes of at least 4 members (excludes halogenated alkanes) is 27. The predicted octanol–water partition coefficient (Wildman–Crippen LogP) is 14.4. The third-order valence-corrected chi connectivity index (χ3v) is 12.3. The molecule has 0 aliphatic carbocycles. The Morgan fingerprint density at radius 1 is 0.418 bits per heavy atom. The molecule has 2 aromatic rings. The average Bonchev–Trinajstić information content (AvgIpc) is 3.77. The van der Waals surface area contributed by atoms with Crippen molar-refractivity contribution in [1.82, 2.24) is 19.9 Å². The van der Waals surface area contributed by atoms with Crippen molar-refractivity contribution in [3.8, 4) is 17.2 Å². The van der Waals surface area contributed by atoms with E-state index in [2.05, 4.69) is 48.1 Å². The molecular formula is C56H104N4O7.